The van der Waals surface area contributed by atoms with Gasteiger partial charge in [-0.2, -0.15) is 5.10 Å². The summed E-state index contributed by atoms with van der Waals surface area (Å²) in [5, 5.41) is 11.1. The number of rotatable bonds is 4. The van der Waals surface area contributed by atoms with E-state index in [-0.39, 0.29) is 0 Å². The molecule has 0 atom stereocenters. The molecule has 2 aromatic heterocycles. The van der Waals surface area contributed by atoms with Gasteiger partial charge in [-0.05, 0) is 24.1 Å². The van der Waals surface area contributed by atoms with E-state index >= 15 is 0 Å². The van der Waals surface area contributed by atoms with Gasteiger partial charge in [0.05, 0.1) is 5.69 Å². The van der Waals surface area contributed by atoms with E-state index < -0.39 is 0 Å². The van der Waals surface area contributed by atoms with Crippen molar-refractivity contribution in [2.24, 2.45) is 0 Å². The van der Waals surface area contributed by atoms with E-state index in [9.17, 15) is 0 Å². The average molecular weight is 255 g/mol. The molecular weight excluding hydrogens is 242 g/mol. The summed E-state index contributed by atoms with van der Waals surface area (Å²) in [6.07, 6.45) is 4.76. The molecule has 0 fully saturated rings. The van der Waals surface area contributed by atoms with Crippen molar-refractivity contribution in [3.63, 3.8) is 0 Å². The number of nitrogens with zero attached hydrogens (tertiary/aromatic N) is 4. The number of aryl methyl sites for hydroxylation is 1. The Kier molecular flexibility index (Phi) is 2.97. The summed E-state index contributed by atoms with van der Waals surface area (Å²) in [5.74, 6) is 0.734. The monoisotopic (exact) mass is 255 g/mol. The minimum Gasteiger partial charge on any atom is -0.363 e. The normalized spacial score (nSPS) is 10.6. The Balaban J connectivity index is 1.76. The second kappa shape index (κ2) is 4.93. The second-order valence-electron chi connectivity index (χ2n) is 4.20. The van der Waals surface area contributed by atoms with Crippen LogP contribution in [0, 0.1) is 6.92 Å². The quantitative estimate of drug-likeness (QED) is 0.773. The van der Waals surface area contributed by atoms with Gasteiger partial charge >= 0.3 is 0 Å². The maximum atomic E-state index is 4.76. The van der Waals surface area contributed by atoms with Gasteiger partial charge in [0, 0.05) is 12.6 Å². The van der Waals surface area contributed by atoms with Crippen molar-refractivity contribution in [2.45, 2.75) is 13.5 Å². The predicted octanol–water partition coefficient (Wildman–Crippen LogP) is 2.18. The number of benzene rings is 1. The first-order valence-electron chi connectivity index (χ1n) is 5.92. The molecule has 3 rings (SSSR count). The van der Waals surface area contributed by atoms with Crippen molar-refractivity contribution >= 4 is 5.82 Å². The summed E-state index contributed by atoms with van der Waals surface area (Å²) in [6.45, 7) is 2.75. The lowest BCUT2D eigenvalue weighted by Gasteiger charge is -2.08. The van der Waals surface area contributed by atoms with E-state index in [1.165, 1.54) is 11.9 Å². The fraction of sp³-hybridized carbons (Fsp3) is 0.154. The summed E-state index contributed by atoms with van der Waals surface area (Å²) >= 11 is 0. The average Bonchev–Trinajstić information content (AvgIpc) is 3.10. The van der Waals surface area contributed by atoms with Crippen LogP contribution in [0.5, 0.6) is 0 Å². The van der Waals surface area contributed by atoms with Crippen LogP contribution in [-0.4, -0.2) is 19.9 Å². The van der Waals surface area contributed by atoms with Gasteiger partial charge in [0.1, 0.15) is 18.9 Å². The van der Waals surface area contributed by atoms with E-state index in [1.807, 2.05) is 6.07 Å². The lowest BCUT2D eigenvalue weighted by molar-refractivity contribution is 0.422. The first kappa shape index (κ1) is 11.5. The molecule has 19 heavy (non-hydrogen) atoms. The highest BCUT2D eigenvalue weighted by atomic mass is 16.5. The third kappa shape index (κ3) is 2.47. The molecule has 6 heteroatoms. The summed E-state index contributed by atoms with van der Waals surface area (Å²) in [7, 11) is 0. The molecule has 0 unspecified atom stereocenters. The summed E-state index contributed by atoms with van der Waals surface area (Å²) in [4.78, 5) is 3.95. The van der Waals surface area contributed by atoms with Crippen LogP contribution < -0.4 is 5.32 Å². The Labute approximate surface area is 110 Å². The standard InChI is InChI=1S/C13H13N5O/c1-10-6-11(7-15-13-4-5-19-17-13)2-3-12(10)18-9-14-8-16-18/h2-6,8-9H,7H2,1H3,(H,15,17). The number of nitrogens with one attached hydrogen (secondary N) is 1. The number of hydrogen-bond donors (Lipinski definition) is 1. The molecule has 96 valence electrons. The minimum atomic E-state index is 0.699. The van der Waals surface area contributed by atoms with E-state index in [0.717, 1.165) is 17.1 Å². The van der Waals surface area contributed by atoms with Crippen LogP contribution in [0.2, 0.25) is 0 Å². The zero-order chi connectivity index (χ0) is 13.1. The van der Waals surface area contributed by atoms with Gasteiger partial charge in [-0.3, -0.25) is 0 Å². The Morgan fingerprint density at radius 3 is 2.95 bits per heavy atom. The summed E-state index contributed by atoms with van der Waals surface area (Å²) in [5.41, 5.74) is 3.34. The van der Waals surface area contributed by atoms with Crippen LogP contribution in [0.3, 0.4) is 0 Å². The van der Waals surface area contributed by atoms with E-state index in [4.69, 9.17) is 4.52 Å². The molecule has 1 N–H and O–H groups in total. The molecule has 6 nitrogen and oxygen atoms in total. The Morgan fingerprint density at radius 1 is 1.32 bits per heavy atom. The Bertz CT molecular complexity index is 646. The molecule has 0 aliphatic rings. The van der Waals surface area contributed by atoms with Crippen LogP contribution in [0.1, 0.15) is 11.1 Å². The van der Waals surface area contributed by atoms with Gasteiger partial charge in [-0.25, -0.2) is 9.67 Å². The largest absolute Gasteiger partial charge is 0.363 e. The third-order valence-corrected chi connectivity index (χ3v) is 2.84. The zero-order valence-electron chi connectivity index (χ0n) is 10.4. The highest BCUT2D eigenvalue weighted by Crippen LogP contribution is 2.15. The predicted molar refractivity (Wildman–Crippen MR) is 69.9 cm³/mol. The van der Waals surface area contributed by atoms with Crippen molar-refractivity contribution in [1.82, 2.24) is 19.9 Å². The van der Waals surface area contributed by atoms with Gasteiger partial charge in [-0.1, -0.05) is 17.3 Å². The van der Waals surface area contributed by atoms with Crippen molar-refractivity contribution in [2.75, 3.05) is 5.32 Å². The Hall–Kier alpha value is -2.63. The fourth-order valence-corrected chi connectivity index (χ4v) is 1.91. The van der Waals surface area contributed by atoms with Crippen LogP contribution in [-0.2, 0) is 6.54 Å². The lowest BCUT2D eigenvalue weighted by atomic mass is 10.1. The molecule has 0 aliphatic carbocycles. The number of anilines is 1. The molecule has 0 amide bonds. The molecule has 0 saturated heterocycles. The first-order chi connectivity index (χ1) is 9.33. The highest BCUT2D eigenvalue weighted by Gasteiger charge is 2.03. The third-order valence-electron chi connectivity index (χ3n) is 2.84. The van der Waals surface area contributed by atoms with E-state index in [1.54, 1.807) is 23.3 Å². The van der Waals surface area contributed by atoms with Crippen LogP contribution in [0.4, 0.5) is 5.82 Å². The van der Waals surface area contributed by atoms with Gasteiger partial charge in [0.25, 0.3) is 0 Å². The fourth-order valence-electron chi connectivity index (χ4n) is 1.91. The van der Waals surface area contributed by atoms with Crippen LogP contribution in [0.25, 0.3) is 5.69 Å². The van der Waals surface area contributed by atoms with E-state index in [0.29, 0.717) is 6.54 Å². The molecule has 0 bridgehead atoms. The first-order valence-corrected chi connectivity index (χ1v) is 5.92. The zero-order valence-corrected chi connectivity index (χ0v) is 10.4. The lowest BCUT2D eigenvalue weighted by Crippen LogP contribution is -2.02. The molecular formula is C13H13N5O. The molecule has 0 spiro atoms. The van der Waals surface area contributed by atoms with Crippen molar-refractivity contribution in [1.29, 1.82) is 0 Å². The SMILES string of the molecule is Cc1cc(CNc2ccon2)ccc1-n1cncn1. The number of hydrogen-bond acceptors (Lipinski definition) is 5. The van der Waals surface area contributed by atoms with Gasteiger partial charge in [0.15, 0.2) is 5.82 Å². The van der Waals surface area contributed by atoms with E-state index in [2.05, 4.69) is 39.6 Å². The van der Waals surface area contributed by atoms with Gasteiger partial charge in [-0.15, -0.1) is 0 Å². The van der Waals surface area contributed by atoms with Crippen molar-refractivity contribution in [3.05, 3.63) is 54.3 Å². The molecule has 0 saturated carbocycles. The summed E-state index contributed by atoms with van der Waals surface area (Å²) in [6, 6.07) is 7.99. The number of aromatic nitrogens is 4. The maximum absolute atomic E-state index is 4.76. The smallest absolute Gasteiger partial charge is 0.169 e. The topological polar surface area (TPSA) is 68.8 Å². The molecule has 3 aromatic rings. The molecule has 0 radical (unpaired) electrons. The molecule has 1 aromatic carbocycles. The highest BCUT2D eigenvalue weighted by molar-refractivity contribution is 5.43. The van der Waals surface area contributed by atoms with Crippen molar-refractivity contribution < 1.29 is 4.52 Å². The maximum Gasteiger partial charge on any atom is 0.169 e. The molecule has 2 heterocycles. The van der Waals surface area contributed by atoms with Crippen LogP contribution >= 0.6 is 0 Å². The second-order valence-corrected chi connectivity index (χ2v) is 4.20. The minimum absolute atomic E-state index is 0.699. The molecule has 0 aliphatic heterocycles. The Morgan fingerprint density at radius 2 is 2.26 bits per heavy atom. The van der Waals surface area contributed by atoms with Gasteiger partial charge in [0.2, 0.25) is 0 Å². The van der Waals surface area contributed by atoms with Crippen molar-refractivity contribution in [3.8, 4) is 5.69 Å². The van der Waals surface area contributed by atoms with Crippen LogP contribution in [0.15, 0.2) is 47.7 Å². The van der Waals surface area contributed by atoms with Gasteiger partial charge < -0.3 is 9.84 Å². The summed E-state index contributed by atoms with van der Waals surface area (Å²) < 4.78 is 6.52.